The van der Waals surface area contributed by atoms with Gasteiger partial charge in [0.15, 0.2) is 0 Å². The fourth-order valence-corrected chi connectivity index (χ4v) is 1.60. The first kappa shape index (κ1) is 10.6. The number of rotatable bonds is 4. The Morgan fingerprint density at radius 2 is 2.19 bits per heavy atom. The topological polar surface area (TPSA) is 82.3 Å². The van der Waals surface area contributed by atoms with Crippen LogP contribution in [0.3, 0.4) is 0 Å². The number of nitro groups is 1. The largest absolute Gasteiger partial charge is 0.461 e. The molecule has 2 rings (SSSR count). The molecule has 5 nitrogen and oxygen atoms in total. The fraction of sp³-hybridized carbons (Fsp3) is 0.273. The molecule has 0 spiro atoms. The second-order valence-corrected chi connectivity index (χ2v) is 3.58. The highest BCUT2D eigenvalue weighted by Crippen LogP contribution is 2.24. The molecule has 0 saturated heterocycles. The van der Waals surface area contributed by atoms with E-state index in [1.807, 2.05) is 6.07 Å². The van der Waals surface area contributed by atoms with Gasteiger partial charge in [0.2, 0.25) is 0 Å². The molecule has 84 valence electrons. The van der Waals surface area contributed by atoms with Crippen molar-refractivity contribution in [2.45, 2.75) is 12.8 Å². The van der Waals surface area contributed by atoms with Crippen LogP contribution >= 0.6 is 0 Å². The Morgan fingerprint density at radius 3 is 2.88 bits per heavy atom. The molecule has 1 heterocycles. The molecule has 1 aromatic heterocycles. The molecular weight excluding hydrogens is 208 g/mol. The average Bonchev–Trinajstić information content (AvgIpc) is 2.67. The summed E-state index contributed by atoms with van der Waals surface area (Å²) < 4.78 is 5.53. The van der Waals surface area contributed by atoms with Crippen LogP contribution in [0.25, 0.3) is 11.0 Å². The molecule has 0 aliphatic heterocycles. The van der Waals surface area contributed by atoms with E-state index < -0.39 is 4.92 Å². The van der Waals surface area contributed by atoms with Crippen LogP contribution < -0.4 is 5.73 Å². The predicted molar refractivity (Wildman–Crippen MR) is 60.2 cm³/mol. The predicted octanol–water partition coefficient (Wildman–Crippen LogP) is 2.23. The summed E-state index contributed by atoms with van der Waals surface area (Å²) in [5, 5.41) is 11.3. The number of nitrogens with zero attached hydrogens (tertiary/aromatic N) is 1. The molecule has 0 bridgehead atoms. The van der Waals surface area contributed by atoms with E-state index >= 15 is 0 Å². The fourth-order valence-electron chi connectivity index (χ4n) is 1.60. The minimum absolute atomic E-state index is 0.0821. The highest BCUT2D eigenvalue weighted by Gasteiger charge is 2.09. The van der Waals surface area contributed by atoms with Gasteiger partial charge < -0.3 is 10.2 Å². The number of furan rings is 1. The minimum Gasteiger partial charge on any atom is -0.461 e. The Hall–Kier alpha value is -1.88. The monoisotopic (exact) mass is 220 g/mol. The molecule has 0 unspecified atom stereocenters. The van der Waals surface area contributed by atoms with Crippen molar-refractivity contribution in [1.29, 1.82) is 0 Å². The summed E-state index contributed by atoms with van der Waals surface area (Å²) in [6.45, 7) is 0.608. The highest BCUT2D eigenvalue weighted by atomic mass is 16.6. The number of nitrogens with two attached hydrogens (primary N) is 1. The Bertz CT molecular complexity index is 519. The molecule has 0 fully saturated rings. The van der Waals surface area contributed by atoms with Gasteiger partial charge in [-0.15, -0.1) is 0 Å². The van der Waals surface area contributed by atoms with Gasteiger partial charge >= 0.3 is 0 Å². The van der Waals surface area contributed by atoms with Gasteiger partial charge in [0.05, 0.1) is 4.92 Å². The van der Waals surface area contributed by atoms with E-state index in [2.05, 4.69) is 0 Å². The Labute approximate surface area is 92.0 Å². The van der Waals surface area contributed by atoms with Crippen molar-refractivity contribution < 1.29 is 9.34 Å². The summed E-state index contributed by atoms with van der Waals surface area (Å²) in [6, 6.07) is 6.42. The van der Waals surface area contributed by atoms with Crippen molar-refractivity contribution in [3.8, 4) is 0 Å². The van der Waals surface area contributed by atoms with Crippen LogP contribution in [0.5, 0.6) is 0 Å². The second-order valence-electron chi connectivity index (χ2n) is 3.58. The lowest BCUT2D eigenvalue weighted by molar-refractivity contribution is -0.384. The van der Waals surface area contributed by atoms with E-state index in [0.717, 1.165) is 24.0 Å². The quantitative estimate of drug-likeness (QED) is 0.632. The van der Waals surface area contributed by atoms with Crippen molar-refractivity contribution in [2.75, 3.05) is 6.54 Å². The van der Waals surface area contributed by atoms with Crippen molar-refractivity contribution >= 4 is 16.7 Å². The van der Waals surface area contributed by atoms with Crippen LogP contribution in [-0.2, 0) is 6.42 Å². The first-order valence-electron chi connectivity index (χ1n) is 5.07. The highest BCUT2D eigenvalue weighted by molar-refractivity contribution is 5.80. The minimum atomic E-state index is -0.411. The molecule has 0 aliphatic rings. The summed E-state index contributed by atoms with van der Waals surface area (Å²) in [4.78, 5) is 10.2. The number of benzene rings is 1. The number of hydrogen-bond donors (Lipinski definition) is 1. The van der Waals surface area contributed by atoms with Crippen molar-refractivity contribution in [3.63, 3.8) is 0 Å². The lowest BCUT2D eigenvalue weighted by atomic mass is 10.2. The first-order chi connectivity index (χ1) is 7.70. The third kappa shape index (κ3) is 2.04. The third-order valence-corrected chi connectivity index (χ3v) is 2.39. The van der Waals surface area contributed by atoms with Crippen LogP contribution in [-0.4, -0.2) is 11.5 Å². The summed E-state index contributed by atoms with van der Waals surface area (Å²) in [5.74, 6) is 0.820. The van der Waals surface area contributed by atoms with Gasteiger partial charge in [-0.1, -0.05) is 0 Å². The van der Waals surface area contributed by atoms with Crippen LogP contribution in [0.4, 0.5) is 5.69 Å². The van der Waals surface area contributed by atoms with E-state index in [1.54, 1.807) is 6.07 Å². The summed E-state index contributed by atoms with van der Waals surface area (Å²) in [7, 11) is 0. The maximum atomic E-state index is 10.6. The molecule has 0 radical (unpaired) electrons. The molecule has 5 heteroatoms. The lowest BCUT2D eigenvalue weighted by Crippen LogP contribution is -1.99. The van der Waals surface area contributed by atoms with Gasteiger partial charge in [0.25, 0.3) is 5.69 Å². The third-order valence-electron chi connectivity index (χ3n) is 2.39. The normalized spacial score (nSPS) is 10.8. The van der Waals surface area contributed by atoms with E-state index in [-0.39, 0.29) is 5.69 Å². The average molecular weight is 220 g/mol. The molecule has 0 saturated carbocycles. The number of nitro benzene ring substituents is 1. The lowest BCUT2D eigenvalue weighted by Gasteiger charge is -1.91. The molecular formula is C11H12N2O3. The van der Waals surface area contributed by atoms with Gasteiger partial charge in [-0.25, -0.2) is 0 Å². The van der Waals surface area contributed by atoms with Crippen LogP contribution in [0.2, 0.25) is 0 Å². The van der Waals surface area contributed by atoms with E-state index in [9.17, 15) is 10.1 Å². The van der Waals surface area contributed by atoms with E-state index in [0.29, 0.717) is 12.1 Å². The zero-order valence-corrected chi connectivity index (χ0v) is 8.68. The molecule has 1 aromatic carbocycles. The Kier molecular flexibility index (Phi) is 2.87. The van der Waals surface area contributed by atoms with Gasteiger partial charge in [0, 0.05) is 23.9 Å². The van der Waals surface area contributed by atoms with E-state index in [4.69, 9.17) is 10.2 Å². The van der Waals surface area contributed by atoms with Gasteiger partial charge in [-0.3, -0.25) is 10.1 Å². The van der Waals surface area contributed by atoms with Crippen molar-refractivity contribution in [1.82, 2.24) is 0 Å². The zero-order valence-electron chi connectivity index (χ0n) is 8.68. The van der Waals surface area contributed by atoms with Crippen molar-refractivity contribution in [3.05, 3.63) is 40.1 Å². The molecule has 0 atom stereocenters. The van der Waals surface area contributed by atoms with Gasteiger partial charge in [0.1, 0.15) is 11.3 Å². The Balaban J connectivity index is 2.34. The summed E-state index contributed by atoms with van der Waals surface area (Å²) >= 11 is 0. The summed E-state index contributed by atoms with van der Waals surface area (Å²) in [6.07, 6.45) is 1.61. The Morgan fingerprint density at radius 1 is 1.38 bits per heavy atom. The maximum Gasteiger partial charge on any atom is 0.270 e. The molecule has 2 N–H and O–H groups in total. The smallest absolute Gasteiger partial charge is 0.270 e. The number of hydrogen-bond acceptors (Lipinski definition) is 4. The maximum absolute atomic E-state index is 10.6. The zero-order chi connectivity index (χ0) is 11.5. The van der Waals surface area contributed by atoms with Gasteiger partial charge in [-0.05, 0) is 25.1 Å². The number of non-ortho nitro benzene ring substituents is 1. The SMILES string of the molecule is NCCCc1cc2cc([N+](=O)[O-])ccc2o1. The van der Waals surface area contributed by atoms with Gasteiger partial charge in [-0.2, -0.15) is 0 Å². The van der Waals surface area contributed by atoms with Crippen LogP contribution in [0.1, 0.15) is 12.2 Å². The molecule has 0 aliphatic carbocycles. The molecule has 16 heavy (non-hydrogen) atoms. The second kappa shape index (κ2) is 4.32. The molecule has 2 aromatic rings. The van der Waals surface area contributed by atoms with Crippen LogP contribution in [0, 0.1) is 10.1 Å². The molecule has 0 amide bonds. The first-order valence-corrected chi connectivity index (χ1v) is 5.07. The van der Waals surface area contributed by atoms with E-state index in [1.165, 1.54) is 12.1 Å². The number of fused-ring (bicyclic) bond motifs is 1. The standard InChI is InChI=1S/C11H12N2O3/c12-5-1-2-10-7-8-6-9(13(14)15)3-4-11(8)16-10/h3-4,6-7H,1-2,5,12H2. The van der Waals surface area contributed by atoms with Crippen LogP contribution in [0.15, 0.2) is 28.7 Å². The number of aryl methyl sites for hydroxylation is 1. The van der Waals surface area contributed by atoms with Crippen molar-refractivity contribution in [2.24, 2.45) is 5.73 Å². The summed E-state index contributed by atoms with van der Waals surface area (Å²) in [5.41, 5.74) is 6.16.